The van der Waals surface area contributed by atoms with E-state index in [1.54, 1.807) is 12.1 Å². The van der Waals surface area contributed by atoms with Crippen LogP contribution in [0.15, 0.2) is 24.3 Å². The number of ether oxygens (including phenoxy) is 1. The van der Waals surface area contributed by atoms with Gasteiger partial charge in [0.05, 0.1) is 0 Å². The molecule has 5 heteroatoms. The van der Waals surface area contributed by atoms with E-state index in [9.17, 15) is 13.2 Å². The van der Waals surface area contributed by atoms with Crippen LogP contribution in [0.4, 0.5) is 13.2 Å². The molecule has 1 atom stereocenters. The Hall–Kier alpha value is -1.23. The zero-order chi connectivity index (χ0) is 15.3. The van der Waals surface area contributed by atoms with Gasteiger partial charge < -0.3 is 10.1 Å². The Bertz CT molecular complexity index is 426. The van der Waals surface area contributed by atoms with Crippen LogP contribution in [0.2, 0.25) is 0 Å². The maximum Gasteiger partial charge on any atom is 0.573 e. The second-order valence-corrected chi connectivity index (χ2v) is 5.63. The van der Waals surface area contributed by atoms with E-state index < -0.39 is 6.36 Å². The Balaban J connectivity index is 1.82. The van der Waals surface area contributed by atoms with E-state index in [-0.39, 0.29) is 5.75 Å². The van der Waals surface area contributed by atoms with Crippen LogP contribution >= 0.6 is 0 Å². The number of aryl methyl sites for hydroxylation is 1. The summed E-state index contributed by atoms with van der Waals surface area (Å²) in [5.74, 6) is 0.624. The van der Waals surface area contributed by atoms with Gasteiger partial charge >= 0.3 is 6.36 Å². The predicted octanol–water partition coefficient (Wildman–Crippen LogP) is 4.30. The van der Waals surface area contributed by atoms with Crippen LogP contribution in [-0.4, -0.2) is 18.9 Å². The van der Waals surface area contributed by atoms with Crippen molar-refractivity contribution in [2.45, 2.75) is 51.4 Å². The Morgan fingerprint density at radius 2 is 1.90 bits per heavy atom. The lowest BCUT2D eigenvalue weighted by atomic mass is 10.0. The van der Waals surface area contributed by atoms with Crippen LogP contribution in [0, 0.1) is 5.92 Å². The van der Waals surface area contributed by atoms with E-state index in [0.717, 1.165) is 37.3 Å². The number of alkyl halides is 3. The van der Waals surface area contributed by atoms with Crippen molar-refractivity contribution in [2.75, 3.05) is 6.54 Å². The first-order valence-corrected chi connectivity index (χ1v) is 7.56. The lowest BCUT2D eigenvalue weighted by molar-refractivity contribution is -0.274. The highest BCUT2D eigenvalue weighted by Gasteiger charge is 2.31. The highest BCUT2D eigenvalue weighted by molar-refractivity contribution is 5.27. The molecule has 0 aromatic heterocycles. The average molecular weight is 301 g/mol. The highest BCUT2D eigenvalue weighted by atomic mass is 19.4. The second-order valence-electron chi connectivity index (χ2n) is 5.63. The topological polar surface area (TPSA) is 21.3 Å². The van der Waals surface area contributed by atoms with E-state index in [4.69, 9.17) is 0 Å². The summed E-state index contributed by atoms with van der Waals surface area (Å²) in [6.07, 6.45) is 0.989. The van der Waals surface area contributed by atoms with Crippen LogP contribution in [0.1, 0.15) is 38.2 Å². The lowest BCUT2D eigenvalue weighted by Crippen LogP contribution is -2.32. The number of benzene rings is 1. The summed E-state index contributed by atoms with van der Waals surface area (Å²) >= 11 is 0. The molecule has 0 bridgehead atoms. The summed E-state index contributed by atoms with van der Waals surface area (Å²) in [5.41, 5.74) is 1.05. The SMILES string of the molecule is CCCNC(CCc1ccc(OC(F)(F)F)cc1)C1CC1. The summed E-state index contributed by atoms with van der Waals surface area (Å²) < 4.78 is 40.1. The van der Waals surface area contributed by atoms with E-state index >= 15 is 0 Å². The molecule has 118 valence electrons. The fourth-order valence-corrected chi connectivity index (χ4v) is 2.51. The molecular weight excluding hydrogens is 279 g/mol. The smallest absolute Gasteiger partial charge is 0.406 e. The van der Waals surface area contributed by atoms with Gasteiger partial charge in [-0.3, -0.25) is 0 Å². The first-order valence-electron chi connectivity index (χ1n) is 7.56. The fraction of sp³-hybridized carbons (Fsp3) is 0.625. The van der Waals surface area contributed by atoms with Gasteiger partial charge in [0.1, 0.15) is 5.75 Å². The minimum absolute atomic E-state index is 0.158. The number of hydrogen-bond donors (Lipinski definition) is 1. The number of halogens is 3. The maximum absolute atomic E-state index is 12.1. The van der Waals surface area contributed by atoms with Crippen molar-refractivity contribution in [1.29, 1.82) is 0 Å². The molecule has 1 fully saturated rings. The number of hydrogen-bond acceptors (Lipinski definition) is 2. The zero-order valence-electron chi connectivity index (χ0n) is 12.2. The van der Waals surface area contributed by atoms with Gasteiger partial charge in [-0.25, -0.2) is 0 Å². The standard InChI is InChI=1S/C16H22F3NO/c1-2-11-20-15(13-6-7-13)10-5-12-3-8-14(9-4-12)21-16(17,18)19/h3-4,8-9,13,15,20H,2,5-7,10-11H2,1H3. The van der Waals surface area contributed by atoms with Crippen LogP contribution in [0.5, 0.6) is 5.75 Å². The summed E-state index contributed by atoms with van der Waals surface area (Å²) in [4.78, 5) is 0. The van der Waals surface area contributed by atoms with Gasteiger partial charge in [0.25, 0.3) is 0 Å². The molecule has 1 aromatic carbocycles. The highest BCUT2D eigenvalue weighted by Crippen LogP contribution is 2.34. The average Bonchev–Trinajstić information content (AvgIpc) is 3.23. The van der Waals surface area contributed by atoms with Gasteiger partial charge in [-0.1, -0.05) is 19.1 Å². The Kier molecular flexibility index (Phi) is 5.51. The van der Waals surface area contributed by atoms with Gasteiger partial charge in [0, 0.05) is 6.04 Å². The molecule has 1 unspecified atom stereocenters. The third-order valence-corrected chi connectivity index (χ3v) is 3.75. The van der Waals surface area contributed by atoms with Gasteiger partial charge in [-0.2, -0.15) is 0 Å². The van der Waals surface area contributed by atoms with Crippen LogP contribution in [0.3, 0.4) is 0 Å². The van der Waals surface area contributed by atoms with E-state index in [1.165, 1.54) is 25.0 Å². The van der Waals surface area contributed by atoms with Gasteiger partial charge in [-0.05, 0) is 62.3 Å². The minimum Gasteiger partial charge on any atom is -0.406 e. The van der Waals surface area contributed by atoms with Crippen molar-refractivity contribution in [1.82, 2.24) is 5.32 Å². The maximum atomic E-state index is 12.1. The monoisotopic (exact) mass is 301 g/mol. The molecule has 1 aliphatic rings. The van der Waals surface area contributed by atoms with Gasteiger partial charge in [0.15, 0.2) is 0 Å². The molecule has 1 N–H and O–H groups in total. The molecule has 0 radical (unpaired) electrons. The van der Waals surface area contributed by atoms with E-state index in [2.05, 4.69) is 17.0 Å². The van der Waals surface area contributed by atoms with Crippen molar-refractivity contribution in [3.63, 3.8) is 0 Å². The molecule has 0 spiro atoms. The lowest BCUT2D eigenvalue weighted by Gasteiger charge is -2.18. The summed E-state index contributed by atoms with van der Waals surface area (Å²) in [7, 11) is 0. The Morgan fingerprint density at radius 3 is 2.43 bits per heavy atom. The predicted molar refractivity (Wildman–Crippen MR) is 76.3 cm³/mol. The molecule has 0 amide bonds. The van der Waals surface area contributed by atoms with Crippen molar-refractivity contribution in [3.8, 4) is 5.75 Å². The number of nitrogens with one attached hydrogen (secondary N) is 1. The second kappa shape index (κ2) is 7.16. The van der Waals surface area contributed by atoms with Crippen LogP contribution in [0.25, 0.3) is 0 Å². The molecular formula is C16H22F3NO. The molecule has 1 aromatic rings. The van der Waals surface area contributed by atoms with Crippen LogP contribution in [-0.2, 0) is 6.42 Å². The molecule has 2 nitrogen and oxygen atoms in total. The van der Waals surface area contributed by atoms with Crippen molar-refractivity contribution in [3.05, 3.63) is 29.8 Å². The van der Waals surface area contributed by atoms with Crippen molar-refractivity contribution < 1.29 is 17.9 Å². The largest absolute Gasteiger partial charge is 0.573 e. The summed E-state index contributed by atoms with van der Waals surface area (Å²) in [5, 5.41) is 3.57. The first kappa shape index (κ1) is 16.1. The van der Waals surface area contributed by atoms with Gasteiger partial charge in [-0.15, -0.1) is 13.2 Å². The van der Waals surface area contributed by atoms with Crippen LogP contribution < -0.4 is 10.1 Å². The third kappa shape index (κ3) is 5.96. The zero-order valence-corrected chi connectivity index (χ0v) is 12.2. The number of rotatable bonds is 8. The Morgan fingerprint density at radius 1 is 1.24 bits per heavy atom. The summed E-state index contributed by atoms with van der Waals surface area (Å²) in [6, 6.07) is 6.73. The molecule has 1 aliphatic carbocycles. The van der Waals surface area contributed by atoms with Crippen molar-refractivity contribution in [2.24, 2.45) is 5.92 Å². The van der Waals surface area contributed by atoms with Crippen molar-refractivity contribution >= 4 is 0 Å². The van der Waals surface area contributed by atoms with Gasteiger partial charge in [0.2, 0.25) is 0 Å². The normalized spacial score (nSPS) is 16.8. The van der Waals surface area contributed by atoms with E-state index in [0.29, 0.717) is 6.04 Å². The third-order valence-electron chi connectivity index (χ3n) is 3.75. The molecule has 2 rings (SSSR count). The molecule has 0 aliphatic heterocycles. The Labute approximate surface area is 123 Å². The summed E-state index contributed by atoms with van der Waals surface area (Å²) in [6.45, 7) is 3.18. The quantitative estimate of drug-likeness (QED) is 0.773. The first-order chi connectivity index (χ1) is 9.98. The molecule has 21 heavy (non-hydrogen) atoms. The molecule has 1 saturated carbocycles. The molecule has 0 saturated heterocycles. The minimum atomic E-state index is -4.62. The fourth-order valence-electron chi connectivity index (χ4n) is 2.51. The molecule has 0 heterocycles. The van der Waals surface area contributed by atoms with E-state index in [1.807, 2.05) is 0 Å².